The Morgan fingerprint density at radius 3 is 2.50 bits per heavy atom. The number of nitrogens with zero attached hydrogens (tertiary/aromatic N) is 1. The second-order valence-corrected chi connectivity index (χ2v) is 5.73. The zero-order valence-electron chi connectivity index (χ0n) is 11.0. The van der Waals surface area contributed by atoms with Crippen LogP contribution in [-0.2, 0) is 9.53 Å². The Kier molecular flexibility index (Phi) is 4.21. The van der Waals surface area contributed by atoms with Crippen molar-refractivity contribution in [3.8, 4) is 0 Å². The number of rotatable bonds is 2. The standard InChI is InChI=1S/C16H8Cl3NO2/c17-10-6-5-9(13(19)8-10)7-14-16(21)22-15(20-14)11-3-1-2-4-12(11)18/h1-8H/b14-7-. The van der Waals surface area contributed by atoms with Gasteiger partial charge in [-0.25, -0.2) is 9.79 Å². The van der Waals surface area contributed by atoms with Crippen LogP contribution in [0.2, 0.25) is 15.1 Å². The van der Waals surface area contributed by atoms with Gasteiger partial charge in [0.2, 0.25) is 5.90 Å². The fraction of sp³-hybridized carbons (Fsp3) is 0. The van der Waals surface area contributed by atoms with Crippen LogP contribution in [0.25, 0.3) is 6.08 Å². The van der Waals surface area contributed by atoms with Gasteiger partial charge in [-0.3, -0.25) is 0 Å². The van der Waals surface area contributed by atoms with Crippen molar-refractivity contribution in [2.24, 2.45) is 4.99 Å². The van der Waals surface area contributed by atoms with E-state index in [2.05, 4.69) is 4.99 Å². The number of halogens is 3. The average molecular weight is 353 g/mol. The summed E-state index contributed by atoms with van der Waals surface area (Å²) in [6.07, 6.45) is 1.55. The number of cyclic esters (lactones) is 1. The minimum Gasteiger partial charge on any atom is -0.402 e. The van der Waals surface area contributed by atoms with Gasteiger partial charge in [0.15, 0.2) is 5.70 Å². The third-order valence-electron chi connectivity index (χ3n) is 2.98. The van der Waals surface area contributed by atoms with Crippen LogP contribution in [0.15, 0.2) is 53.2 Å². The van der Waals surface area contributed by atoms with Gasteiger partial charge in [0.05, 0.1) is 10.6 Å². The molecule has 1 aliphatic rings. The van der Waals surface area contributed by atoms with E-state index in [0.717, 1.165) is 0 Å². The SMILES string of the molecule is O=C1OC(c2ccccc2Cl)=N/C1=C\c1ccc(Cl)cc1Cl. The van der Waals surface area contributed by atoms with E-state index in [1.165, 1.54) is 0 Å². The molecule has 0 saturated carbocycles. The highest BCUT2D eigenvalue weighted by Crippen LogP contribution is 2.27. The molecule has 3 nitrogen and oxygen atoms in total. The van der Waals surface area contributed by atoms with Crippen LogP contribution < -0.4 is 0 Å². The van der Waals surface area contributed by atoms with Crippen LogP contribution in [0.3, 0.4) is 0 Å². The van der Waals surface area contributed by atoms with Crippen LogP contribution in [0.1, 0.15) is 11.1 Å². The molecule has 2 aromatic carbocycles. The molecule has 110 valence electrons. The van der Waals surface area contributed by atoms with Crippen molar-refractivity contribution in [2.75, 3.05) is 0 Å². The van der Waals surface area contributed by atoms with E-state index < -0.39 is 5.97 Å². The highest BCUT2D eigenvalue weighted by Gasteiger charge is 2.25. The van der Waals surface area contributed by atoms with Gasteiger partial charge >= 0.3 is 5.97 Å². The highest BCUT2D eigenvalue weighted by atomic mass is 35.5. The molecule has 22 heavy (non-hydrogen) atoms. The number of ether oxygens (including phenoxy) is 1. The third kappa shape index (κ3) is 3.02. The van der Waals surface area contributed by atoms with Crippen molar-refractivity contribution in [3.63, 3.8) is 0 Å². The summed E-state index contributed by atoms with van der Waals surface area (Å²) in [5, 5.41) is 1.40. The largest absolute Gasteiger partial charge is 0.402 e. The van der Waals surface area contributed by atoms with Gasteiger partial charge in [0.25, 0.3) is 0 Å². The number of carbonyl (C=O) groups excluding carboxylic acids is 1. The first-order chi connectivity index (χ1) is 10.5. The molecule has 2 aromatic rings. The summed E-state index contributed by atoms with van der Waals surface area (Å²) in [5.74, 6) is -0.382. The number of aliphatic imine (C=N–C) groups is 1. The number of benzene rings is 2. The lowest BCUT2D eigenvalue weighted by Gasteiger charge is -2.00. The molecule has 0 N–H and O–H groups in total. The van der Waals surface area contributed by atoms with E-state index in [9.17, 15) is 4.79 Å². The smallest absolute Gasteiger partial charge is 0.363 e. The molecule has 0 radical (unpaired) electrons. The summed E-state index contributed by atoms with van der Waals surface area (Å²) in [7, 11) is 0. The first-order valence-corrected chi connectivity index (χ1v) is 7.40. The molecule has 0 fully saturated rings. The third-order valence-corrected chi connectivity index (χ3v) is 3.87. The maximum absolute atomic E-state index is 11.9. The molecule has 0 saturated heterocycles. The van der Waals surface area contributed by atoms with Gasteiger partial charge in [-0.1, -0.05) is 53.0 Å². The Morgan fingerprint density at radius 2 is 1.77 bits per heavy atom. The van der Waals surface area contributed by atoms with Crippen LogP contribution in [0, 0.1) is 0 Å². The summed E-state index contributed by atoms with van der Waals surface area (Å²) in [6, 6.07) is 12.0. The molecular formula is C16H8Cl3NO2. The number of hydrogen-bond acceptors (Lipinski definition) is 3. The summed E-state index contributed by atoms with van der Waals surface area (Å²) in [5.41, 5.74) is 1.34. The topological polar surface area (TPSA) is 38.7 Å². The summed E-state index contributed by atoms with van der Waals surface area (Å²) in [6.45, 7) is 0. The summed E-state index contributed by atoms with van der Waals surface area (Å²) in [4.78, 5) is 16.1. The van der Waals surface area contributed by atoms with Gasteiger partial charge < -0.3 is 4.74 Å². The van der Waals surface area contributed by atoms with E-state index in [4.69, 9.17) is 39.5 Å². The van der Waals surface area contributed by atoms with Crippen molar-refractivity contribution >= 4 is 52.7 Å². The van der Waals surface area contributed by atoms with E-state index >= 15 is 0 Å². The predicted octanol–water partition coefficient (Wildman–Crippen LogP) is 4.99. The van der Waals surface area contributed by atoms with Crippen molar-refractivity contribution in [1.82, 2.24) is 0 Å². The second kappa shape index (κ2) is 6.13. The fourth-order valence-corrected chi connectivity index (χ4v) is 2.60. The van der Waals surface area contributed by atoms with Crippen molar-refractivity contribution in [1.29, 1.82) is 0 Å². The van der Waals surface area contributed by atoms with Crippen molar-refractivity contribution < 1.29 is 9.53 Å². The van der Waals surface area contributed by atoms with E-state index in [1.54, 1.807) is 48.5 Å². The maximum atomic E-state index is 11.9. The van der Waals surface area contributed by atoms with E-state index in [0.29, 0.717) is 26.2 Å². The first-order valence-electron chi connectivity index (χ1n) is 6.27. The van der Waals surface area contributed by atoms with Gasteiger partial charge in [-0.15, -0.1) is 0 Å². The van der Waals surface area contributed by atoms with Gasteiger partial charge in [-0.2, -0.15) is 0 Å². The monoisotopic (exact) mass is 351 g/mol. The summed E-state index contributed by atoms with van der Waals surface area (Å²) >= 11 is 18.0. The zero-order valence-corrected chi connectivity index (χ0v) is 13.3. The molecule has 6 heteroatoms. The molecule has 0 bridgehead atoms. The van der Waals surface area contributed by atoms with Gasteiger partial charge in [-0.05, 0) is 35.9 Å². The fourth-order valence-electron chi connectivity index (χ4n) is 1.92. The maximum Gasteiger partial charge on any atom is 0.363 e. The lowest BCUT2D eigenvalue weighted by molar-refractivity contribution is -0.129. The molecular weight excluding hydrogens is 345 g/mol. The minimum absolute atomic E-state index is 0.152. The Morgan fingerprint density at radius 1 is 1.00 bits per heavy atom. The number of hydrogen-bond donors (Lipinski definition) is 0. The van der Waals surface area contributed by atoms with E-state index in [1.807, 2.05) is 0 Å². The Bertz CT molecular complexity index is 828. The number of esters is 1. The molecule has 0 unspecified atom stereocenters. The van der Waals surface area contributed by atoms with Crippen LogP contribution in [0.5, 0.6) is 0 Å². The predicted molar refractivity (Wildman–Crippen MR) is 88.5 cm³/mol. The highest BCUT2D eigenvalue weighted by molar-refractivity contribution is 6.36. The van der Waals surface area contributed by atoms with E-state index in [-0.39, 0.29) is 11.6 Å². The van der Waals surface area contributed by atoms with Crippen LogP contribution >= 0.6 is 34.8 Å². The number of carbonyl (C=O) groups is 1. The molecule has 1 heterocycles. The molecule has 3 rings (SSSR count). The molecule has 0 aromatic heterocycles. The molecule has 0 aliphatic carbocycles. The lowest BCUT2D eigenvalue weighted by atomic mass is 10.2. The Hall–Kier alpha value is -1.81. The van der Waals surface area contributed by atoms with Crippen molar-refractivity contribution in [3.05, 3.63) is 74.4 Å². The van der Waals surface area contributed by atoms with Crippen LogP contribution in [0.4, 0.5) is 0 Å². The normalized spacial score (nSPS) is 15.9. The van der Waals surface area contributed by atoms with Crippen LogP contribution in [-0.4, -0.2) is 11.9 Å². The van der Waals surface area contributed by atoms with Gasteiger partial charge in [0, 0.05) is 10.0 Å². The van der Waals surface area contributed by atoms with Crippen molar-refractivity contribution in [2.45, 2.75) is 0 Å². The average Bonchev–Trinajstić information content (AvgIpc) is 2.83. The Balaban J connectivity index is 2.00. The molecule has 0 amide bonds. The second-order valence-electron chi connectivity index (χ2n) is 4.48. The summed E-state index contributed by atoms with van der Waals surface area (Å²) < 4.78 is 5.17. The quantitative estimate of drug-likeness (QED) is 0.564. The molecule has 0 atom stereocenters. The Labute approximate surface area is 141 Å². The minimum atomic E-state index is -0.555. The molecule has 1 aliphatic heterocycles. The first kappa shape index (κ1) is 15.1. The zero-order chi connectivity index (χ0) is 15.7. The lowest BCUT2D eigenvalue weighted by Crippen LogP contribution is -2.05. The van der Waals surface area contributed by atoms with Gasteiger partial charge in [0.1, 0.15) is 0 Å². The molecule has 0 spiro atoms.